The molecular formula is C16H18ClNO4. The lowest BCUT2D eigenvalue weighted by Crippen LogP contribution is -2.34. The van der Waals surface area contributed by atoms with Crippen LogP contribution in [0.1, 0.15) is 18.4 Å². The van der Waals surface area contributed by atoms with Gasteiger partial charge in [0, 0.05) is 24.3 Å². The maximum absolute atomic E-state index is 11.5. The van der Waals surface area contributed by atoms with Gasteiger partial charge in [0.1, 0.15) is 0 Å². The first-order valence-electron chi connectivity index (χ1n) is 7.13. The van der Waals surface area contributed by atoms with Crippen molar-refractivity contribution in [1.82, 2.24) is 5.32 Å². The van der Waals surface area contributed by atoms with Crippen molar-refractivity contribution in [2.75, 3.05) is 19.8 Å². The normalized spacial score (nSPS) is 17.6. The second kappa shape index (κ2) is 8.56. The molecule has 1 saturated heterocycles. The highest BCUT2D eigenvalue weighted by Crippen LogP contribution is 2.16. The van der Waals surface area contributed by atoms with Gasteiger partial charge in [0.15, 0.2) is 6.61 Å². The molecule has 0 spiro atoms. The van der Waals surface area contributed by atoms with Crippen molar-refractivity contribution in [3.05, 3.63) is 40.9 Å². The van der Waals surface area contributed by atoms with E-state index in [2.05, 4.69) is 5.32 Å². The summed E-state index contributed by atoms with van der Waals surface area (Å²) in [7, 11) is 0. The maximum atomic E-state index is 11.5. The van der Waals surface area contributed by atoms with E-state index in [0.717, 1.165) is 19.4 Å². The average molecular weight is 324 g/mol. The molecule has 2 rings (SSSR count). The molecule has 118 valence electrons. The van der Waals surface area contributed by atoms with Crippen LogP contribution in [-0.2, 0) is 19.1 Å². The molecule has 1 heterocycles. The minimum Gasteiger partial charge on any atom is -0.452 e. The standard InChI is InChI=1S/C16H18ClNO4/c17-14-6-2-1-4-12(14)7-8-16(20)22-11-15(19)18-10-13-5-3-9-21-13/h1-2,4,6-8,13H,3,5,9-11H2,(H,18,19)/b8-7+/t13-/m1/s1. The second-order valence-electron chi connectivity index (χ2n) is 4.90. The summed E-state index contributed by atoms with van der Waals surface area (Å²) in [5.74, 6) is -0.929. The van der Waals surface area contributed by atoms with Crippen molar-refractivity contribution < 1.29 is 19.1 Å². The van der Waals surface area contributed by atoms with E-state index >= 15 is 0 Å². The molecule has 1 aliphatic rings. The number of hydrogen-bond donors (Lipinski definition) is 1. The van der Waals surface area contributed by atoms with E-state index in [0.29, 0.717) is 17.1 Å². The first-order chi connectivity index (χ1) is 10.6. The molecule has 1 aromatic carbocycles. The van der Waals surface area contributed by atoms with Gasteiger partial charge in [0.25, 0.3) is 5.91 Å². The summed E-state index contributed by atoms with van der Waals surface area (Å²) in [4.78, 5) is 23.1. The number of halogens is 1. The van der Waals surface area contributed by atoms with Crippen molar-refractivity contribution in [3.63, 3.8) is 0 Å². The SMILES string of the molecule is O=C(COC(=O)/C=C/c1ccccc1Cl)NC[C@H]1CCCO1. The van der Waals surface area contributed by atoms with E-state index in [9.17, 15) is 9.59 Å². The molecule has 1 atom stereocenters. The molecule has 0 unspecified atom stereocenters. The van der Waals surface area contributed by atoms with Crippen molar-refractivity contribution >= 4 is 29.6 Å². The van der Waals surface area contributed by atoms with Crippen LogP contribution >= 0.6 is 11.6 Å². The van der Waals surface area contributed by atoms with Crippen LogP contribution in [0.5, 0.6) is 0 Å². The number of carbonyl (C=O) groups is 2. The Labute approximate surface area is 134 Å². The van der Waals surface area contributed by atoms with Gasteiger partial charge in [-0.2, -0.15) is 0 Å². The van der Waals surface area contributed by atoms with Gasteiger partial charge in [-0.1, -0.05) is 29.8 Å². The molecule has 0 aromatic heterocycles. The third-order valence-corrected chi connectivity index (χ3v) is 3.54. The number of carbonyl (C=O) groups excluding carboxylic acids is 2. The number of hydrogen-bond acceptors (Lipinski definition) is 4. The lowest BCUT2D eigenvalue weighted by atomic mass is 10.2. The number of esters is 1. The van der Waals surface area contributed by atoms with Crippen LogP contribution in [-0.4, -0.2) is 37.7 Å². The van der Waals surface area contributed by atoms with E-state index in [4.69, 9.17) is 21.1 Å². The minimum absolute atomic E-state index is 0.0692. The van der Waals surface area contributed by atoms with Gasteiger partial charge in [-0.15, -0.1) is 0 Å². The lowest BCUT2D eigenvalue weighted by Gasteiger charge is -2.10. The van der Waals surface area contributed by atoms with Crippen LogP contribution < -0.4 is 5.32 Å². The third-order valence-electron chi connectivity index (χ3n) is 3.20. The average Bonchev–Trinajstić information content (AvgIpc) is 3.03. The number of amides is 1. The van der Waals surface area contributed by atoms with Crippen LogP contribution in [0.2, 0.25) is 5.02 Å². The minimum atomic E-state index is -0.591. The number of benzene rings is 1. The fourth-order valence-corrected chi connectivity index (χ4v) is 2.24. The monoisotopic (exact) mass is 323 g/mol. The summed E-state index contributed by atoms with van der Waals surface area (Å²) in [5.41, 5.74) is 0.712. The Morgan fingerprint density at radius 1 is 1.41 bits per heavy atom. The largest absolute Gasteiger partial charge is 0.452 e. The summed E-state index contributed by atoms with van der Waals surface area (Å²) in [5, 5.41) is 3.22. The van der Waals surface area contributed by atoms with E-state index < -0.39 is 5.97 Å². The summed E-state index contributed by atoms with van der Waals surface area (Å²) in [6.07, 6.45) is 4.83. The molecule has 1 aromatic rings. The highest BCUT2D eigenvalue weighted by Gasteiger charge is 2.16. The molecule has 0 saturated carbocycles. The third kappa shape index (κ3) is 5.50. The van der Waals surface area contributed by atoms with E-state index in [1.807, 2.05) is 6.07 Å². The van der Waals surface area contributed by atoms with Crippen LogP contribution in [0.3, 0.4) is 0 Å². The summed E-state index contributed by atoms with van der Waals surface area (Å²) in [6.45, 7) is 0.882. The zero-order chi connectivity index (χ0) is 15.8. The summed E-state index contributed by atoms with van der Waals surface area (Å²) < 4.78 is 10.2. The highest BCUT2D eigenvalue weighted by molar-refractivity contribution is 6.32. The van der Waals surface area contributed by atoms with Crippen LogP contribution in [0, 0.1) is 0 Å². The van der Waals surface area contributed by atoms with E-state index in [1.165, 1.54) is 6.08 Å². The van der Waals surface area contributed by atoms with Gasteiger partial charge in [-0.05, 0) is 30.5 Å². The Morgan fingerprint density at radius 2 is 2.23 bits per heavy atom. The van der Waals surface area contributed by atoms with Gasteiger partial charge in [0.2, 0.25) is 0 Å². The van der Waals surface area contributed by atoms with Crippen molar-refractivity contribution in [3.8, 4) is 0 Å². The van der Waals surface area contributed by atoms with Crippen LogP contribution in [0.4, 0.5) is 0 Å². The van der Waals surface area contributed by atoms with Crippen LogP contribution in [0.15, 0.2) is 30.3 Å². The second-order valence-corrected chi connectivity index (χ2v) is 5.31. The smallest absolute Gasteiger partial charge is 0.331 e. The predicted octanol–water partition coefficient (Wildman–Crippen LogP) is 2.19. The Hall–Kier alpha value is -1.85. The van der Waals surface area contributed by atoms with Crippen molar-refractivity contribution in [1.29, 1.82) is 0 Å². The Bertz CT molecular complexity index is 553. The lowest BCUT2D eigenvalue weighted by molar-refractivity contribution is -0.143. The molecule has 1 amide bonds. The molecule has 0 bridgehead atoms. The molecule has 0 radical (unpaired) electrons. The number of rotatable bonds is 6. The fraction of sp³-hybridized carbons (Fsp3) is 0.375. The molecule has 1 aliphatic heterocycles. The van der Waals surface area contributed by atoms with Gasteiger partial charge in [0.05, 0.1) is 6.10 Å². The Kier molecular flexibility index (Phi) is 6.43. The van der Waals surface area contributed by atoms with Gasteiger partial charge in [-0.25, -0.2) is 4.79 Å². The van der Waals surface area contributed by atoms with Gasteiger partial charge in [-0.3, -0.25) is 4.79 Å². The van der Waals surface area contributed by atoms with Gasteiger partial charge < -0.3 is 14.8 Å². The number of ether oxygens (including phenoxy) is 2. The Morgan fingerprint density at radius 3 is 2.95 bits per heavy atom. The molecule has 6 heteroatoms. The first kappa shape index (κ1) is 16.5. The number of nitrogens with one attached hydrogen (secondary N) is 1. The summed E-state index contributed by atoms with van der Waals surface area (Å²) in [6, 6.07) is 7.12. The molecular weight excluding hydrogens is 306 g/mol. The van der Waals surface area contributed by atoms with E-state index in [-0.39, 0.29) is 18.6 Å². The van der Waals surface area contributed by atoms with E-state index in [1.54, 1.807) is 24.3 Å². The fourth-order valence-electron chi connectivity index (χ4n) is 2.04. The zero-order valence-corrected chi connectivity index (χ0v) is 12.8. The van der Waals surface area contributed by atoms with Crippen molar-refractivity contribution in [2.24, 2.45) is 0 Å². The summed E-state index contributed by atoms with van der Waals surface area (Å²) >= 11 is 5.96. The van der Waals surface area contributed by atoms with Crippen molar-refractivity contribution in [2.45, 2.75) is 18.9 Å². The van der Waals surface area contributed by atoms with Gasteiger partial charge >= 0.3 is 5.97 Å². The molecule has 0 aliphatic carbocycles. The quantitative estimate of drug-likeness (QED) is 0.644. The first-order valence-corrected chi connectivity index (χ1v) is 7.50. The molecule has 1 N–H and O–H groups in total. The molecule has 5 nitrogen and oxygen atoms in total. The highest BCUT2D eigenvalue weighted by atomic mass is 35.5. The van der Waals surface area contributed by atoms with Crippen LogP contribution in [0.25, 0.3) is 6.08 Å². The molecule has 22 heavy (non-hydrogen) atoms. The Balaban J connectivity index is 1.68. The maximum Gasteiger partial charge on any atom is 0.331 e. The topological polar surface area (TPSA) is 64.6 Å². The zero-order valence-electron chi connectivity index (χ0n) is 12.1. The predicted molar refractivity (Wildman–Crippen MR) is 83.4 cm³/mol. The molecule has 1 fully saturated rings.